The first-order valence-electron chi connectivity index (χ1n) is 11.6. The van der Waals surface area contributed by atoms with Gasteiger partial charge >= 0.3 is 6.03 Å². The number of rotatable bonds is 7. The van der Waals surface area contributed by atoms with Crippen LogP contribution in [-0.4, -0.2) is 71.8 Å². The van der Waals surface area contributed by atoms with E-state index in [9.17, 15) is 19.2 Å². The van der Waals surface area contributed by atoms with Crippen molar-refractivity contribution < 1.29 is 19.2 Å². The topological polar surface area (TPSA) is 125 Å². The number of nitrogens with two attached hydrogens (primary N) is 1. The molecule has 0 aromatic rings. The molecule has 2 heterocycles. The standard InChI is InChI=1S/C23H37N5O4/c1-13(2)14-11-15-16(14)12-28(18(15)20(24)30)21(31)19(23(3,4)5)26-22(32)25-8-10-27-9-6-7-17(27)29/h11,13,15-16,18-19H,6-10,12H2,1-5H3,(H2,24,30)(H2,25,26,32)/t15-,16+,18-,19+/m0/s1. The summed E-state index contributed by atoms with van der Waals surface area (Å²) < 4.78 is 0. The van der Waals surface area contributed by atoms with Crippen molar-refractivity contribution in [2.45, 2.75) is 59.5 Å². The molecule has 32 heavy (non-hydrogen) atoms. The third-order valence-corrected chi connectivity index (χ3v) is 6.84. The number of hydrogen-bond acceptors (Lipinski definition) is 4. The van der Waals surface area contributed by atoms with Crippen molar-refractivity contribution in [2.24, 2.45) is 28.9 Å². The maximum atomic E-state index is 13.6. The van der Waals surface area contributed by atoms with Gasteiger partial charge in [-0.25, -0.2) is 4.79 Å². The molecule has 9 heteroatoms. The fourth-order valence-electron chi connectivity index (χ4n) is 5.07. The van der Waals surface area contributed by atoms with E-state index >= 15 is 0 Å². The molecule has 3 rings (SSSR count). The van der Waals surface area contributed by atoms with Crippen molar-refractivity contribution in [3.8, 4) is 0 Å². The van der Waals surface area contributed by atoms with Gasteiger partial charge in [0.1, 0.15) is 12.1 Å². The number of primary amides is 1. The summed E-state index contributed by atoms with van der Waals surface area (Å²) in [5.74, 6) is -0.269. The first kappa shape index (κ1) is 24.1. The highest BCUT2D eigenvalue weighted by atomic mass is 16.2. The van der Waals surface area contributed by atoms with Crippen molar-refractivity contribution in [1.82, 2.24) is 20.4 Å². The number of nitrogens with one attached hydrogen (secondary N) is 2. The van der Waals surface area contributed by atoms with Crippen LogP contribution in [-0.2, 0) is 14.4 Å². The highest BCUT2D eigenvalue weighted by molar-refractivity contribution is 5.93. The van der Waals surface area contributed by atoms with Gasteiger partial charge in [0.05, 0.1) is 0 Å². The predicted octanol–water partition coefficient (Wildman–Crippen LogP) is 0.847. The fourth-order valence-corrected chi connectivity index (χ4v) is 5.07. The van der Waals surface area contributed by atoms with Crippen LogP contribution >= 0.6 is 0 Å². The summed E-state index contributed by atoms with van der Waals surface area (Å²) in [6.07, 6.45) is 3.47. The first-order valence-corrected chi connectivity index (χ1v) is 11.6. The molecule has 3 aliphatic rings. The van der Waals surface area contributed by atoms with E-state index in [0.717, 1.165) is 6.42 Å². The van der Waals surface area contributed by atoms with Crippen LogP contribution in [0.3, 0.4) is 0 Å². The van der Waals surface area contributed by atoms with Crippen molar-refractivity contribution >= 4 is 23.8 Å². The normalized spacial score (nSPS) is 25.9. The molecule has 2 saturated heterocycles. The van der Waals surface area contributed by atoms with Crippen molar-refractivity contribution in [1.29, 1.82) is 0 Å². The number of urea groups is 1. The molecule has 4 atom stereocenters. The van der Waals surface area contributed by atoms with Crippen molar-refractivity contribution in [3.05, 3.63) is 11.6 Å². The highest BCUT2D eigenvalue weighted by Crippen LogP contribution is 2.47. The zero-order valence-corrected chi connectivity index (χ0v) is 19.8. The van der Waals surface area contributed by atoms with E-state index in [4.69, 9.17) is 5.73 Å². The Bertz CT molecular complexity index is 816. The molecule has 178 valence electrons. The van der Waals surface area contributed by atoms with Crippen LogP contribution in [0.2, 0.25) is 0 Å². The highest BCUT2D eigenvalue weighted by Gasteiger charge is 2.53. The lowest BCUT2D eigenvalue weighted by atomic mass is 9.70. The predicted molar refractivity (Wildman–Crippen MR) is 120 cm³/mol. The van der Waals surface area contributed by atoms with Crippen LogP contribution in [0.1, 0.15) is 47.5 Å². The first-order chi connectivity index (χ1) is 14.9. The van der Waals surface area contributed by atoms with Gasteiger partial charge in [0, 0.05) is 44.4 Å². The van der Waals surface area contributed by atoms with Crippen LogP contribution in [0.15, 0.2) is 11.6 Å². The average Bonchev–Trinajstić information content (AvgIpc) is 3.19. The quantitative estimate of drug-likeness (QED) is 0.500. The fraction of sp³-hybridized carbons (Fsp3) is 0.739. The molecule has 5 amide bonds. The largest absolute Gasteiger partial charge is 0.368 e. The third-order valence-electron chi connectivity index (χ3n) is 6.84. The molecule has 2 fully saturated rings. The van der Waals surface area contributed by atoms with E-state index in [1.165, 1.54) is 5.57 Å². The van der Waals surface area contributed by atoms with Gasteiger partial charge in [-0.15, -0.1) is 0 Å². The summed E-state index contributed by atoms with van der Waals surface area (Å²) >= 11 is 0. The Labute approximate surface area is 190 Å². The number of nitrogens with zero attached hydrogens (tertiary/aromatic N) is 2. The number of hydrogen-bond donors (Lipinski definition) is 3. The Balaban J connectivity index is 1.65. The van der Waals surface area contributed by atoms with E-state index in [0.29, 0.717) is 38.5 Å². The van der Waals surface area contributed by atoms with Gasteiger partial charge in [0.15, 0.2) is 0 Å². The number of fused-ring (bicyclic) bond motifs is 1. The number of likely N-dealkylation sites (tertiary alicyclic amines) is 2. The summed E-state index contributed by atoms with van der Waals surface area (Å²) in [5.41, 5.74) is 6.37. The summed E-state index contributed by atoms with van der Waals surface area (Å²) in [4.78, 5) is 53.4. The molecule has 1 aliphatic carbocycles. The van der Waals surface area contributed by atoms with Gasteiger partial charge in [-0.2, -0.15) is 0 Å². The summed E-state index contributed by atoms with van der Waals surface area (Å²) in [6, 6.07) is -1.98. The van der Waals surface area contributed by atoms with E-state index in [1.807, 2.05) is 20.8 Å². The Kier molecular flexibility index (Phi) is 6.86. The second-order valence-corrected chi connectivity index (χ2v) is 10.5. The van der Waals surface area contributed by atoms with Gasteiger partial charge in [0.2, 0.25) is 17.7 Å². The van der Waals surface area contributed by atoms with Crippen LogP contribution in [0.5, 0.6) is 0 Å². The van der Waals surface area contributed by atoms with Crippen molar-refractivity contribution in [2.75, 3.05) is 26.2 Å². The van der Waals surface area contributed by atoms with Crippen LogP contribution in [0.25, 0.3) is 0 Å². The molecule has 0 aromatic carbocycles. The molecule has 0 unspecified atom stereocenters. The zero-order chi connectivity index (χ0) is 23.8. The molecule has 0 bridgehead atoms. The van der Waals surface area contributed by atoms with Gasteiger partial charge in [-0.05, 0) is 17.8 Å². The molecular weight excluding hydrogens is 410 g/mol. The van der Waals surface area contributed by atoms with Crippen LogP contribution < -0.4 is 16.4 Å². The Hall–Kier alpha value is -2.58. The minimum Gasteiger partial charge on any atom is -0.368 e. The van der Waals surface area contributed by atoms with Crippen LogP contribution in [0.4, 0.5) is 4.79 Å². The molecule has 0 spiro atoms. The van der Waals surface area contributed by atoms with Gasteiger partial charge in [-0.1, -0.05) is 46.3 Å². The molecular formula is C23H37N5O4. The third kappa shape index (κ3) is 4.76. The smallest absolute Gasteiger partial charge is 0.315 e. The van der Waals surface area contributed by atoms with Crippen molar-refractivity contribution in [3.63, 3.8) is 0 Å². The molecule has 0 radical (unpaired) electrons. The SMILES string of the molecule is CC(C)C1=C[C@H]2[C@@H]1CN(C(=O)[C@@H](NC(=O)NCCN1CCCC1=O)C(C)(C)C)[C@@H]2C(N)=O. The molecule has 0 saturated carbocycles. The molecule has 0 aromatic heterocycles. The van der Waals surface area contributed by atoms with Gasteiger partial charge < -0.3 is 26.2 Å². The number of amides is 5. The Morgan fingerprint density at radius 2 is 1.94 bits per heavy atom. The lowest BCUT2D eigenvalue weighted by molar-refractivity contribution is -0.141. The second kappa shape index (κ2) is 9.11. The van der Waals surface area contributed by atoms with E-state index in [-0.39, 0.29) is 23.7 Å². The maximum Gasteiger partial charge on any atom is 0.315 e. The number of carbonyl (C=O) groups is 4. The second-order valence-electron chi connectivity index (χ2n) is 10.5. The van der Waals surface area contributed by atoms with Crippen LogP contribution in [0, 0.1) is 23.2 Å². The lowest BCUT2D eigenvalue weighted by Gasteiger charge is -2.36. The minimum absolute atomic E-state index is 0.0544. The minimum atomic E-state index is -0.822. The van der Waals surface area contributed by atoms with Gasteiger partial charge in [-0.3, -0.25) is 14.4 Å². The average molecular weight is 448 g/mol. The summed E-state index contributed by atoms with van der Waals surface area (Å²) in [5, 5.41) is 5.55. The Morgan fingerprint density at radius 1 is 1.25 bits per heavy atom. The monoisotopic (exact) mass is 447 g/mol. The van der Waals surface area contributed by atoms with E-state index in [1.54, 1.807) is 9.80 Å². The zero-order valence-electron chi connectivity index (χ0n) is 19.8. The van der Waals surface area contributed by atoms with Gasteiger partial charge in [0.25, 0.3) is 0 Å². The summed E-state index contributed by atoms with van der Waals surface area (Å²) in [6.45, 7) is 11.7. The molecule has 2 aliphatic heterocycles. The molecule has 4 N–H and O–H groups in total. The maximum absolute atomic E-state index is 13.6. The number of carbonyl (C=O) groups excluding carboxylic acids is 4. The molecule has 9 nitrogen and oxygen atoms in total. The van der Waals surface area contributed by atoms with E-state index in [2.05, 4.69) is 30.6 Å². The lowest BCUT2D eigenvalue weighted by Crippen LogP contribution is -2.59. The van der Waals surface area contributed by atoms with E-state index < -0.39 is 29.4 Å². The Morgan fingerprint density at radius 3 is 2.47 bits per heavy atom. The summed E-state index contributed by atoms with van der Waals surface area (Å²) in [7, 11) is 0.